The van der Waals surface area contributed by atoms with Gasteiger partial charge in [-0.1, -0.05) is 0 Å². The number of aromatic amines is 1. The third-order valence-corrected chi connectivity index (χ3v) is 5.14. The summed E-state index contributed by atoms with van der Waals surface area (Å²) >= 11 is 0. The van der Waals surface area contributed by atoms with Crippen LogP contribution in [0.15, 0.2) is 30.9 Å². The Morgan fingerprint density at radius 2 is 2.09 bits per heavy atom. The van der Waals surface area contributed by atoms with Crippen LogP contribution in [0.4, 0.5) is 0 Å². The second-order valence-corrected chi connectivity index (χ2v) is 6.67. The molecule has 0 aliphatic heterocycles. The molecule has 3 aromatic rings. The third-order valence-electron chi connectivity index (χ3n) is 5.14. The van der Waals surface area contributed by atoms with Gasteiger partial charge in [0.15, 0.2) is 0 Å². The van der Waals surface area contributed by atoms with Gasteiger partial charge < -0.3 is 10.1 Å². The van der Waals surface area contributed by atoms with E-state index in [1.165, 1.54) is 10.9 Å². The molecule has 0 unspecified atom stereocenters. The van der Waals surface area contributed by atoms with Crippen LogP contribution in [0.25, 0.3) is 22.2 Å². The summed E-state index contributed by atoms with van der Waals surface area (Å²) in [6.45, 7) is 0.326. The van der Waals surface area contributed by atoms with Crippen LogP contribution in [0.5, 0.6) is 0 Å². The summed E-state index contributed by atoms with van der Waals surface area (Å²) in [6.07, 6.45) is 12.5. The fourth-order valence-corrected chi connectivity index (χ4v) is 3.72. The summed E-state index contributed by atoms with van der Waals surface area (Å²) in [5.41, 5.74) is 4.52. The van der Waals surface area contributed by atoms with Gasteiger partial charge in [-0.2, -0.15) is 5.10 Å². The lowest BCUT2D eigenvalue weighted by molar-refractivity contribution is 0.182. The number of hydrogen-bond donors (Lipinski definition) is 2. The van der Waals surface area contributed by atoms with Gasteiger partial charge in [-0.15, -0.1) is 0 Å². The minimum atomic E-state index is 0.326. The maximum absolute atomic E-state index is 9.30. The minimum Gasteiger partial charge on any atom is -0.396 e. The largest absolute Gasteiger partial charge is 0.396 e. The molecule has 0 atom stereocenters. The van der Waals surface area contributed by atoms with E-state index in [-0.39, 0.29) is 0 Å². The fraction of sp³-hybridized carbons (Fsp3) is 0.444. The van der Waals surface area contributed by atoms with Crippen molar-refractivity contribution in [2.24, 2.45) is 13.0 Å². The number of rotatable bonds is 3. The quantitative estimate of drug-likeness (QED) is 0.780. The van der Waals surface area contributed by atoms with Gasteiger partial charge in [0.25, 0.3) is 0 Å². The zero-order valence-electron chi connectivity index (χ0n) is 13.4. The molecule has 5 heteroatoms. The SMILES string of the molecule is Cn1cc(-c2c[nH]c3ncc([C@H]4CC[C@H](CO)CC4)cc23)cn1. The van der Waals surface area contributed by atoms with Crippen molar-refractivity contribution < 1.29 is 5.11 Å². The summed E-state index contributed by atoms with van der Waals surface area (Å²) < 4.78 is 1.82. The second-order valence-electron chi connectivity index (χ2n) is 6.67. The van der Waals surface area contributed by atoms with Gasteiger partial charge in [0, 0.05) is 48.8 Å². The first-order valence-electron chi connectivity index (χ1n) is 8.31. The Balaban J connectivity index is 1.67. The van der Waals surface area contributed by atoms with Crippen molar-refractivity contribution in [3.05, 3.63) is 36.4 Å². The highest BCUT2D eigenvalue weighted by Crippen LogP contribution is 2.37. The number of aromatic nitrogens is 4. The van der Waals surface area contributed by atoms with Gasteiger partial charge in [-0.25, -0.2) is 4.98 Å². The number of aliphatic hydroxyl groups is 1. The smallest absolute Gasteiger partial charge is 0.137 e. The number of hydrogen-bond acceptors (Lipinski definition) is 3. The Bertz CT molecular complexity index is 811. The summed E-state index contributed by atoms with van der Waals surface area (Å²) in [7, 11) is 1.93. The van der Waals surface area contributed by atoms with E-state index in [2.05, 4.69) is 21.1 Å². The van der Waals surface area contributed by atoms with Crippen molar-refractivity contribution in [3.63, 3.8) is 0 Å². The van der Waals surface area contributed by atoms with E-state index in [4.69, 9.17) is 0 Å². The van der Waals surface area contributed by atoms with Gasteiger partial charge in [0.2, 0.25) is 0 Å². The molecule has 1 aliphatic carbocycles. The molecule has 0 spiro atoms. The number of nitrogens with one attached hydrogen (secondary N) is 1. The first kappa shape index (κ1) is 14.5. The van der Waals surface area contributed by atoms with Crippen LogP contribution >= 0.6 is 0 Å². The summed E-state index contributed by atoms with van der Waals surface area (Å²) in [6, 6.07) is 2.28. The van der Waals surface area contributed by atoms with Crippen LogP contribution < -0.4 is 0 Å². The molecule has 2 N–H and O–H groups in total. The van der Waals surface area contributed by atoms with E-state index in [1.807, 2.05) is 36.5 Å². The van der Waals surface area contributed by atoms with Crippen LogP contribution in [-0.2, 0) is 7.05 Å². The third kappa shape index (κ3) is 2.65. The number of nitrogens with zero attached hydrogens (tertiary/aromatic N) is 3. The minimum absolute atomic E-state index is 0.326. The lowest BCUT2D eigenvalue weighted by Gasteiger charge is -2.27. The highest BCUT2D eigenvalue weighted by molar-refractivity contribution is 5.93. The van der Waals surface area contributed by atoms with Crippen molar-refractivity contribution in [2.45, 2.75) is 31.6 Å². The molecule has 120 valence electrons. The molecular formula is C18H22N4O. The average Bonchev–Trinajstić information content (AvgIpc) is 3.20. The molecule has 23 heavy (non-hydrogen) atoms. The number of fused-ring (bicyclic) bond motifs is 1. The number of aryl methyl sites for hydroxylation is 1. The summed E-state index contributed by atoms with van der Waals surface area (Å²) in [4.78, 5) is 7.88. The monoisotopic (exact) mass is 310 g/mol. The first-order chi connectivity index (χ1) is 11.2. The molecule has 1 fully saturated rings. The second kappa shape index (κ2) is 5.81. The Hall–Kier alpha value is -2.14. The van der Waals surface area contributed by atoms with Crippen molar-refractivity contribution in [2.75, 3.05) is 6.61 Å². The zero-order valence-corrected chi connectivity index (χ0v) is 13.4. The molecule has 3 aromatic heterocycles. The standard InChI is InChI=1S/C18H22N4O/c1-22-10-15(8-21-22)17-9-20-18-16(17)6-14(7-19-18)13-4-2-12(11-23)3-5-13/h6-10,12-13,23H,2-5,11H2,1H3,(H,19,20)/t12-,13-. The highest BCUT2D eigenvalue weighted by Gasteiger charge is 2.22. The Labute approximate surface area is 135 Å². The predicted octanol–water partition coefficient (Wildman–Crippen LogP) is 3.23. The molecule has 4 rings (SSSR count). The lowest BCUT2D eigenvalue weighted by atomic mass is 9.79. The van der Waals surface area contributed by atoms with Gasteiger partial charge in [-0.3, -0.25) is 4.68 Å². The molecule has 0 bridgehead atoms. The molecule has 0 aromatic carbocycles. The van der Waals surface area contributed by atoms with E-state index in [0.29, 0.717) is 18.4 Å². The van der Waals surface area contributed by atoms with Crippen LogP contribution in [0.1, 0.15) is 37.2 Å². The average molecular weight is 310 g/mol. The normalized spacial score (nSPS) is 21.8. The maximum atomic E-state index is 9.30. The number of H-pyrrole nitrogens is 1. The van der Waals surface area contributed by atoms with Crippen LogP contribution in [0.2, 0.25) is 0 Å². The van der Waals surface area contributed by atoms with Crippen molar-refractivity contribution in [3.8, 4) is 11.1 Å². The Morgan fingerprint density at radius 3 is 2.78 bits per heavy atom. The molecule has 0 amide bonds. The molecule has 1 aliphatic rings. The van der Waals surface area contributed by atoms with E-state index in [0.717, 1.165) is 42.5 Å². The fourth-order valence-electron chi connectivity index (χ4n) is 3.72. The van der Waals surface area contributed by atoms with E-state index >= 15 is 0 Å². The Kier molecular flexibility index (Phi) is 3.65. The topological polar surface area (TPSA) is 66.7 Å². The number of aliphatic hydroxyl groups excluding tert-OH is 1. The first-order valence-corrected chi connectivity index (χ1v) is 8.31. The van der Waals surface area contributed by atoms with Gasteiger partial charge in [-0.05, 0) is 49.1 Å². The van der Waals surface area contributed by atoms with Crippen LogP contribution in [-0.4, -0.2) is 31.5 Å². The van der Waals surface area contributed by atoms with Gasteiger partial charge >= 0.3 is 0 Å². The Morgan fingerprint density at radius 1 is 1.26 bits per heavy atom. The zero-order chi connectivity index (χ0) is 15.8. The summed E-state index contributed by atoms with van der Waals surface area (Å²) in [5.74, 6) is 1.05. The van der Waals surface area contributed by atoms with E-state index in [9.17, 15) is 5.11 Å². The van der Waals surface area contributed by atoms with Gasteiger partial charge in [0.05, 0.1) is 6.20 Å². The van der Waals surface area contributed by atoms with E-state index < -0.39 is 0 Å². The predicted molar refractivity (Wildman–Crippen MR) is 90.1 cm³/mol. The van der Waals surface area contributed by atoms with Crippen molar-refractivity contribution >= 4 is 11.0 Å². The molecule has 0 saturated heterocycles. The van der Waals surface area contributed by atoms with Crippen molar-refractivity contribution in [1.82, 2.24) is 19.7 Å². The van der Waals surface area contributed by atoms with Crippen molar-refractivity contribution in [1.29, 1.82) is 0 Å². The van der Waals surface area contributed by atoms with Gasteiger partial charge in [0.1, 0.15) is 5.65 Å². The van der Waals surface area contributed by atoms with Crippen LogP contribution in [0, 0.1) is 5.92 Å². The molecular weight excluding hydrogens is 288 g/mol. The molecule has 3 heterocycles. The summed E-state index contributed by atoms with van der Waals surface area (Å²) in [5, 5.41) is 14.7. The molecule has 5 nitrogen and oxygen atoms in total. The van der Waals surface area contributed by atoms with E-state index in [1.54, 1.807) is 0 Å². The lowest BCUT2D eigenvalue weighted by Crippen LogP contribution is -2.16. The molecule has 1 saturated carbocycles. The highest BCUT2D eigenvalue weighted by atomic mass is 16.3. The number of pyridine rings is 1. The molecule has 0 radical (unpaired) electrons. The maximum Gasteiger partial charge on any atom is 0.137 e. The van der Waals surface area contributed by atoms with Crippen LogP contribution in [0.3, 0.4) is 0 Å².